The first kappa shape index (κ1) is 39.7. The number of fused-ring (bicyclic) bond motifs is 2. The van der Waals surface area contributed by atoms with Gasteiger partial charge in [-0.3, -0.25) is 19.2 Å². The molecular formula is C27H27Br2KN2O9S2. The fraction of sp³-hybridized carbons (Fsp3) is 0.333. The van der Waals surface area contributed by atoms with Gasteiger partial charge in [0.2, 0.25) is 0 Å². The third-order valence-electron chi connectivity index (χ3n) is 5.81. The Balaban J connectivity index is 0.000000411. The van der Waals surface area contributed by atoms with Crippen LogP contribution in [0.3, 0.4) is 0 Å². The minimum Gasteiger partial charge on any atom is -0.870 e. The number of ketones is 2. The number of benzene rings is 2. The van der Waals surface area contributed by atoms with E-state index < -0.39 is 23.8 Å². The smallest absolute Gasteiger partial charge is 0.870 e. The Kier molecular flexibility index (Phi) is 16.6. The number of methoxy groups -OCH3 is 3. The third-order valence-corrected chi connectivity index (χ3v) is 9.17. The van der Waals surface area contributed by atoms with Crippen LogP contribution in [0, 0.1) is 11.8 Å². The van der Waals surface area contributed by atoms with E-state index >= 15 is 0 Å². The number of hydrogen-bond acceptors (Lipinski definition) is 12. The van der Waals surface area contributed by atoms with Crippen LogP contribution < -0.4 is 60.9 Å². The van der Waals surface area contributed by atoms with Crippen molar-refractivity contribution in [2.24, 2.45) is 11.8 Å². The summed E-state index contributed by atoms with van der Waals surface area (Å²) in [5.41, 5.74) is 1.41. The molecule has 4 rings (SSSR count). The molecule has 0 aliphatic carbocycles. The number of aliphatic carboxylic acids is 1. The van der Waals surface area contributed by atoms with Crippen molar-refractivity contribution in [3.63, 3.8) is 0 Å². The van der Waals surface area contributed by atoms with Crippen LogP contribution in [0.5, 0.6) is 11.5 Å². The maximum atomic E-state index is 12.2. The second-order valence-corrected chi connectivity index (χ2v) is 12.6. The van der Waals surface area contributed by atoms with Crippen LogP contribution in [0.25, 0.3) is 20.4 Å². The van der Waals surface area contributed by atoms with E-state index in [-0.39, 0.29) is 81.3 Å². The molecule has 2 heterocycles. The predicted octanol–water partition coefficient (Wildman–Crippen LogP) is 3.64. The fourth-order valence-electron chi connectivity index (χ4n) is 3.51. The number of Topliss-reactive ketones (excluding diaryl/α,β-unsaturated/α-hetero) is 2. The largest absolute Gasteiger partial charge is 1.00 e. The van der Waals surface area contributed by atoms with Crippen LogP contribution in [0.4, 0.5) is 0 Å². The molecule has 43 heavy (non-hydrogen) atoms. The van der Waals surface area contributed by atoms with Gasteiger partial charge in [0.1, 0.15) is 11.5 Å². The molecule has 2 aromatic carbocycles. The number of hydrogen-bond donors (Lipinski definition) is 1. The van der Waals surface area contributed by atoms with Crippen molar-refractivity contribution < 1.29 is 95.4 Å². The van der Waals surface area contributed by atoms with E-state index in [0.29, 0.717) is 27.0 Å². The Morgan fingerprint density at radius 3 is 1.53 bits per heavy atom. The van der Waals surface area contributed by atoms with Crippen molar-refractivity contribution in [2.45, 2.75) is 26.7 Å². The van der Waals surface area contributed by atoms with Gasteiger partial charge in [-0.1, -0.05) is 13.8 Å². The number of carbonyl (C=O) groups excluding carboxylic acids is 3. The average molecular weight is 787 g/mol. The molecule has 0 unspecified atom stereocenters. The van der Waals surface area contributed by atoms with Gasteiger partial charge in [-0.05, 0) is 44.0 Å². The van der Waals surface area contributed by atoms with Gasteiger partial charge in [-0.25, -0.2) is 9.97 Å². The van der Waals surface area contributed by atoms with Crippen LogP contribution in [-0.2, 0) is 14.3 Å². The monoisotopic (exact) mass is 784 g/mol. The van der Waals surface area contributed by atoms with Crippen LogP contribution in [-0.4, -0.2) is 65.4 Å². The van der Waals surface area contributed by atoms with Gasteiger partial charge in [0, 0.05) is 25.0 Å². The maximum absolute atomic E-state index is 12.2. The summed E-state index contributed by atoms with van der Waals surface area (Å²) in [5, 5.41) is 9.55. The summed E-state index contributed by atoms with van der Waals surface area (Å²) in [4.78, 5) is 54.9. The Morgan fingerprint density at radius 2 is 1.19 bits per heavy atom. The van der Waals surface area contributed by atoms with Crippen molar-refractivity contribution in [1.82, 2.24) is 9.97 Å². The predicted molar refractivity (Wildman–Crippen MR) is 166 cm³/mol. The molecule has 0 amide bonds. The molecule has 0 bridgehead atoms. The number of nitrogens with zero attached hydrogens (tertiary/aromatic N) is 2. The van der Waals surface area contributed by atoms with Crippen LogP contribution in [0.1, 0.15) is 46.3 Å². The van der Waals surface area contributed by atoms with E-state index in [2.05, 4.69) is 46.6 Å². The molecule has 0 aliphatic heterocycles. The first-order chi connectivity index (χ1) is 19.4. The van der Waals surface area contributed by atoms with Gasteiger partial charge >= 0.3 is 63.3 Å². The molecule has 11 nitrogen and oxygen atoms in total. The zero-order valence-electron chi connectivity index (χ0n) is 24.1. The minimum atomic E-state index is -0.983. The van der Waals surface area contributed by atoms with Crippen LogP contribution in [0.15, 0.2) is 33.2 Å². The Bertz CT molecular complexity index is 1630. The van der Waals surface area contributed by atoms with E-state index in [4.69, 9.17) is 14.6 Å². The number of thiazole rings is 2. The Hall–Kier alpha value is -1.34. The molecule has 0 saturated carbocycles. The molecule has 2 atom stereocenters. The van der Waals surface area contributed by atoms with Crippen molar-refractivity contribution in [3.8, 4) is 11.5 Å². The van der Waals surface area contributed by atoms with Gasteiger partial charge in [-0.15, -0.1) is 22.7 Å². The molecule has 0 spiro atoms. The number of rotatable bonds is 10. The van der Waals surface area contributed by atoms with Crippen molar-refractivity contribution in [3.05, 3.63) is 43.2 Å². The van der Waals surface area contributed by atoms with Crippen LogP contribution >= 0.6 is 54.5 Å². The fourth-order valence-corrected chi connectivity index (χ4v) is 6.35. The zero-order chi connectivity index (χ0) is 30.4. The molecule has 0 radical (unpaired) electrons. The number of aromatic nitrogens is 2. The molecular weight excluding hydrogens is 759 g/mol. The second-order valence-electron chi connectivity index (χ2n) is 8.87. The standard InChI is InChI=1S/C14H14BrNO4S.C13H12BrNO4S.K.H2O/c1-7(14(18)20-3)4-10(17)13-16-9-5-8(15)11(19-2)6-12(9)21-13;1-6(13(17)18)3-9(16)12-15-8-4-7(14)10(19-2)5-11(8)20-12;;/h5-7H,4H2,1-3H3;4-6H,3H2,1-2H3,(H,17,18);;1H2/q;;+1;/p-1/t7-;6-;;/m00../s1. The maximum Gasteiger partial charge on any atom is 1.00 e. The van der Waals surface area contributed by atoms with Gasteiger partial charge < -0.3 is 24.8 Å². The van der Waals surface area contributed by atoms with E-state index in [1.165, 1.54) is 36.7 Å². The molecule has 0 aliphatic rings. The summed E-state index contributed by atoms with van der Waals surface area (Å²) in [6, 6.07) is 7.22. The molecule has 4 aromatic rings. The van der Waals surface area contributed by atoms with Gasteiger partial charge in [-0.2, -0.15) is 0 Å². The quantitative estimate of drug-likeness (QED) is 0.141. The minimum absolute atomic E-state index is 0. The molecule has 2 N–H and O–H groups in total. The molecule has 0 saturated heterocycles. The normalized spacial score (nSPS) is 11.7. The van der Waals surface area contributed by atoms with Crippen molar-refractivity contribution in [2.75, 3.05) is 21.3 Å². The number of halogens is 2. The van der Waals surface area contributed by atoms with E-state index in [1.807, 2.05) is 12.1 Å². The zero-order valence-corrected chi connectivity index (χ0v) is 32.0. The molecule has 16 heteroatoms. The summed E-state index contributed by atoms with van der Waals surface area (Å²) in [5.74, 6) is -1.63. The topological polar surface area (TPSA) is 172 Å². The SMILES string of the molecule is COC(=O)[C@@H](C)CC(=O)c1nc2cc(Br)c(OC)cc2s1.COc1cc2sc(C(=O)C[C@H](C)C(=O)O)nc2cc1Br.[K+].[OH-]. The summed E-state index contributed by atoms with van der Waals surface area (Å²) < 4.78 is 18.3. The third kappa shape index (κ3) is 10.3. The van der Waals surface area contributed by atoms with E-state index in [1.54, 1.807) is 33.3 Å². The van der Waals surface area contributed by atoms with Gasteiger partial charge in [0.05, 0.1) is 62.5 Å². The number of carbonyl (C=O) groups is 4. The molecule has 226 valence electrons. The average Bonchev–Trinajstić information content (AvgIpc) is 3.55. The molecule has 0 fully saturated rings. The Morgan fingerprint density at radius 1 is 0.791 bits per heavy atom. The molecule has 2 aromatic heterocycles. The Labute approximate surface area is 314 Å². The number of carboxylic acid groups (broad SMARTS) is 1. The van der Waals surface area contributed by atoms with Gasteiger partial charge in [0.25, 0.3) is 0 Å². The van der Waals surface area contributed by atoms with Crippen LogP contribution in [0.2, 0.25) is 0 Å². The first-order valence-electron chi connectivity index (χ1n) is 12.0. The summed E-state index contributed by atoms with van der Waals surface area (Å²) >= 11 is 9.28. The first-order valence-corrected chi connectivity index (χ1v) is 15.3. The van der Waals surface area contributed by atoms with E-state index in [9.17, 15) is 19.2 Å². The second kappa shape index (κ2) is 18.0. The number of ether oxygens (including phenoxy) is 3. The van der Waals surface area contributed by atoms with Gasteiger partial charge in [0.15, 0.2) is 21.6 Å². The van der Waals surface area contributed by atoms with Crippen molar-refractivity contribution >= 4 is 98.5 Å². The summed E-state index contributed by atoms with van der Waals surface area (Å²) in [6.45, 7) is 3.17. The van der Waals surface area contributed by atoms with E-state index in [0.717, 1.165) is 23.9 Å². The number of esters is 1. The van der Waals surface area contributed by atoms with Crippen molar-refractivity contribution in [1.29, 1.82) is 0 Å². The summed E-state index contributed by atoms with van der Waals surface area (Å²) in [6.07, 6.45) is 0.0399. The summed E-state index contributed by atoms with van der Waals surface area (Å²) in [7, 11) is 4.45. The number of carboxylic acids is 1.